The lowest BCUT2D eigenvalue weighted by molar-refractivity contribution is 0.0946. The smallest absolute Gasteiger partial charge is 0.251 e. The van der Waals surface area contributed by atoms with E-state index in [1.807, 2.05) is 0 Å². The number of pyridine rings is 1. The maximum atomic E-state index is 11.9. The summed E-state index contributed by atoms with van der Waals surface area (Å²) < 4.78 is 0. The molecule has 4 nitrogen and oxygen atoms in total. The number of nitrogens with zero attached hydrogens (tertiary/aromatic N) is 1. The molecule has 0 radical (unpaired) electrons. The van der Waals surface area contributed by atoms with Gasteiger partial charge in [0.25, 0.3) is 5.91 Å². The first kappa shape index (κ1) is 11.9. The molecule has 0 saturated heterocycles. The molecular formula is C13H19N3O. The maximum Gasteiger partial charge on any atom is 0.251 e. The maximum absolute atomic E-state index is 11.9. The van der Waals surface area contributed by atoms with E-state index in [0.717, 1.165) is 12.5 Å². The average Bonchev–Trinajstić information content (AvgIpc) is 3.19. The number of aromatic nitrogens is 1. The van der Waals surface area contributed by atoms with Crippen molar-refractivity contribution >= 4 is 11.7 Å². The second-order valence-electron chi connectivity index (χ2n) is 4.70. The second-order valence-corrected chi connectivity index (χ2v) is 4.70. The minimum absolute atomic E-state index is 0.0172. The highest BCUT2D eigenvalue weighted by atomic mass is 16.1. The molecule has 0 aliphatic heterocycles. The highest BCUT2D eigenvalue weighted by molar-refractivity contribution is 5.94. The highest BCUT2D eigenvalue weighted by Crippen LogP contribution is 2.36. The number of carbonyl (C=O) groups is 1. The van der Waals surface area contributed by atoms with Gasteiger partial charge in [-0.3, -0.25) is 4.79 Å². The Kier molecular flexibility index (Phi) is 3.61. The van der Waals surface area contributed by atoms with Crippen LogP contribution < -0.4 is 10.6 Å². The van der Waals surface area contributed by atoms with Gasteiger partial charge >= 0.3 is 0 Å². The molecule has 0 spiro atoms. The van der Waals surface area contributed by atoms with E-state index < -0.39 is 0 Å². The monoisotopic (exact) mass is 233 g/mol. The number of nitrogens with one attached hydrogen (secondary N) is 2. The number of rotatable bonds is 5. The Balaban J connectivity index is 1.89. The highest BCUT2D eigenvalue weighted by Gasteiger charge is 2.27. The van der Waals surface area contributed by atoms with Crippen molar-refractivity contribution in [3.63, 3.8) is 0 Å². The van der Waals surface area contributed by atoms with E-state index >= 15 is 0 Å². The fraction of sp³-hybridized carbons (Fsp3) is 0.538. The molecule has 2 rings (SSSR count). The summed E-state index contributed by atoms with van der Waals surface area (Å²) in [6.07, 6.45) is 4.28. The Hall–Kier alpha value is -1.58. The zero-order valence-corrected chi connectivity index (χ0v) is 10.4. The van der Waals surface area contributed by atoms with Gasteiger partial charge in [0, 0.05) is 25.4 Å². The Morgan fingerprint density at radius 3 is 3.00 bits per heavy atom. The van der Waals surface area contributed by atoms with E-state index in [4.69, 9.17) is 0 Å². The van der Waals surface area contributed by atoms with Crippen molar-refractivity contribution in [1.29, 1.82) is 0 Å². The van der Waals surface area contributed by atoms with Gasteiger partial charge < -0.3 is 10.6 Å². The molecule has 2 N–H and O–H groups in total. The van der Waals surface area contributed by atoms with Gasteiger partial charge in [-0.2, -0.15) is 0 Å². The Bertz CT molecular complexity index is 401. The third-order valence-corrected chi connectivity index (χ3v) is 3.29. The largest absolute Gasteiger partial charge is 0.373 e. The predicted molar refractivity (Wildman–Crippen MR) is 68.0 cm³/mol. The summed E-state index contributed by atoms with van der Waals surface area (Å²) in [5.41, 5.74) is 0.660. The SMILES string of the molecule is CNc1cc(C(=O)NCC(C)C2CC2)ccn1. The van der Waals surface area contributed by atoms with Crippen LogP contribution in [0.25, 0.3) is 0 Å². The minimum Gasteiger partial charge on any atom is -0.373 e. The molecule has 4 heteroatoms. The van der Waals surface area contributed by atoms with Crippen LogP contribution >= 0.6 is 0 Å². The van der Waals surface area contributed by atoms with Crippen molar-refractivity contribution in [2.45, 2.75) is 19.8 Å². The van der Waals surface area contributed by atoms with Crippen molar-refractivity contribution in [1.82, 2.24) is 10.3 Å². The third kappa shape index (κ3) is 3.19. The molecule has 1 aromatic rings. The summed E-state index contributed by atoms with van der Waals surface area (Å²) in [5.74, 6) is 2.11. The van der Waals surface area contributed by atoms with E-state index in [2.05, 4.69) is 22.5 Å². The van der Waals surface area contributed by atoms with Gasteiger partial charge in [0.2, 0.25) is 0 Å². The van der Waals surface area contributed by atoms with Crippen LogP contribution in [0.15, 0.2) is 18.3 Å². The predicted octanol–water partition coefficient (Wildman–Crippen LogP) is 1.90. The van der Waals surface area contributed by atoms with Gasteiger partial charge in [-0.15, -0.1) is 0 Å². The van der Waals surface area contributed by atoms with Crippen LogP contribution in [0.2, 0.25) is 0 Å². The van der Waals surface area contributed by atoms with Crippen LogP contribution in [0.5, 0.6) is 0 Å². The molecule has 1 aromatic heterocycles. The van der Waals surface area contributed by atoms with Crippen LogP contribution in [-0.2, 0) is 0 Å². The molecule has 1 amide bonds. The van der Waals surface area contributed by atoms with Crippen molar-refractivity contribution in [3.8, 4) is 0 Å². The lowest BCUT2D eigenvalue weighted by Gasteiger charge is -2.11. The van der Waals surface area contributed by atoms with E-state index in [1.165, 1.54) is 12.8 Å². The van der Waals surface area contributed by atoms with Crippen LogP contribution in [0.3, 0.4) is 0 Å². The van der Waals surface area contributed by atoms with Crippen LogP contribution in [0.4, 0.5) is 5.82 Å². The number of hydrogen-bond donors (Lipinski definition) is 2. The first-order valence-electron chi connectivity index (χ1n) is 6.12. The summed E-state index contributed by atoms with van der Waals surface area (Å²) >= 11 is 0. The lowest BCUT2D eigenvalue weighted by atomic mass is 10.1. The Morgan fingerprint density at radius 1 is 1.59 bits per heavy atom. The van der Waals surface area contributed by atoms with Crippen LogP contribution in [0, 0.1) is 11.8 Å². The second kappa shape index (κ2) is 5.17. The molecule has 1 heterocycles. The lowest BCUT2D eigenvalue weighted by Crippen LogP contribution is -2.29. The van der Waals surface area contributed by atoms with Gasteiger partial charge in [0.1, 0.15) is 5.82 Å². The molecule has 1 saturated carbocycles. The number of hydrogen-bond acceptors (Lipinski definition) is 3. The summed E-state index contributed by atoms with van der Waals surface area (Å²) in [7, 11) is 1.79. The van der Waals surface area contributed by atoms with E-state index in [1.54, 1.807) is 25.4 Å². The Morgan fingerprint density at radius 2 is 2.35 bits per heavy atom. The Labute approximate surface area is 102 Å². The molecule has 0 bridgehead atoms. The van der Waals surface area contributed by atoms with Crippen molar-refractivity contribution in [3.05, 3.63) is 23.9 Å². The molecule has 1 fully saturated rings. The van der Waals surface area contributed by atoms with Crippen molar-refractivity contribution in [2.24, 2.45) is 11.8 Å². The summed E-state index contributed by atoms with van der Waals surface area (Å²) in [5, 5.41) is 5.90. The fourth-order valence-electron chi connectivity index (χ4n) is 1.90. The van der Waals surface area contributed by atoms with E-state index in [9.17, 15) is 4.79 Å². The van der Waals surface area contributed by atoms with Gasteiger partial charge in [0.05, 0.1) is 0 Å². The van der Waals surface area contributed by atoms with Gasteiger partial charge in [-0.05, 0) is 36.8 Å². The molecule has 17 heavy (non-hydrogen) atoms. The summed E-state index contributed by atoms with van der Waals surface area (Å²) in [4.78, 5) is 16.0. The summed E-state index contributed by atoms with van der Waals surface area (Å²) in [6, 6.07) is 3.50. The third-order valence-electron chi connectivity index (χ3n) is 3.29. The molecule has 1 atom stereocenters. The topological polar surface area (TPSA) is 54.0 Å². The first-order chi connectivity index (χ1) is 8.20. The standard InChI is InChI=1S/C13H19N3O/c1-9(10-3-4-10)8-16-13(17)11-5-6-15-12(7-11)14-2/h5-7,9-10H,3-4,8H2,1-2H3,(H,14,15)(H,16,17). The van der Waals surface area contributed by atoms with Gasteiger partial charge in [-0.1, -0.05) is 6.92 Å². The zero-order chi connectivity index (χ0) is 12.3. The first-order valence-corrected chi connectivity index (χ1v) is 6.12. The van der Waals surface area contributed by atoms with E-state index in [-0.39, 0.29) is 5.91 Å². The molecular weight excluding hydrogens is 214 g/mol. The van der Waals surface area contributed by atoms with Crippen molar-refractivity contribution in [2.75, 3.05) is 18.9 Å². The number of carbonyl (C=O) groups excluding carboxylic acids is 1. The van der Waals surface area contributed by atoms with Crippen LogP contribution in [-0.4, -0.2) is 24.5 Å². The average molecular weight is 233 g/mol. The van der Waals surface area contributed by atoms with Crippen LogP contribution in [0.1, 0.15) is 30.1 Å². The van der Waals surface area contributed by atoms with E-state index in [0.29, 0.717) is 17.3 Å². The zero-order valence-electron chi connectivity index (χ0n) is 10.4. The van der Waals surface area contributed by atoms with Gasteiger partial charge in [0.15, 0.2) is 0 Å². The molecule has 0 aromatic carbocycles. The quantitative estimate of drug-likeness (QED) is 0.816. The number of amides is 1. The molecule has 1 aliphatic carbocycles. The minimum atomic E-state index is -0.0172. The summed E-state index contributed by atoms with van der Waals surface area (Å²) in [6.45, 7) is 2.96. The molecule has 1 unspecified atom stereocenters. The fourth-order valence-corrected chi connectivity index (χ4v) is 1.90. The molecule has 1 aliphatic rings. The molecule has 92 valence electrons. The number of anilines is 1. The van der Waals surface area contributed by atoms with Crippen molar-refractivity contribution < 1.29 is 4.79 Å². The normalized spacial score (nSPS) is 16.4. The van der Waals surface area contributed by atoms with Gasteiger partial charge in [-0.25, -0.2) is 4.98 Å².